The van der Waals surface area contributed by atoms with Crippen molar-refractivity contribution in [1.29, 1.82) is 0 Å². The molecule has 0 spiro atoms. The Morgan fingerprint density at radius 1 is 1.05 bits per heavy atom. The Balaban J connectivity index is 0.00000324. The minimum absolute atomic E-state index is 0. The second-order valence-electron chi connectivity index (χ2n) is 4.96. The number of nitrogens with two attached hydrogens (primary N) is 1. The highest BCUT2D eigenvalue weighted by molar-refractivity contribution is 5.85. The van der Waals surface area contributed by atoms with E-state index >= 15 is 0 Å². The molecule has 0 saturated carbocycles. The highest BCUT2D eigenvalue weighted by Crippen LogP contribution is 2.37. The van der Waals surface area contributed by atoms with E-state index in [1.165, 1.54) is 0 Å². The lowest BCUT2D eigenvalue weighted by Gasteiger charge is -2.21. The van der Waals surface area contributed by atoms with Crippen LogP contribution >= 0.6 is 12.4 Å². The van der Waals surface area contributed by atoms with Gasteiger partial charge in [-0.15, -0.1) is 12.4 Å². The molecule has 0 aliphatic rings. The number of aliphatic hydroxyl groups excluding tert-OH is 1. The number of benzene rings is 1. The minimum Gasteiger partial charge on any atom is -0.508 e. The number of rotatable bonds is 5. The van der Waals surface area contributed by atoms with E-state index in [0.717, 1.165) is 18.6 Å². The number of halogens is 1. The van der Waals surface area contributed by atoms with Gasteiger partial charge in [-0.2, -0.15) is 0 Å². The summed E-state index contributed by atoms with van der Waals surface area (Å²) in [7, 11) is 0. The highest BCUT2D eigenvalue weighted by atomic mass is 35.5. The van der Waals surface area contributed by atoms with Gasteiger partial charge in [-0.25, -0.2) is 0 Å². The van der Waals surface area contributed by atoms with Gasteiger partial charge in [0.2, 0.25) is 0 Å². The van der Waals surface area contributed by atoms with Gasteiger partial charge < -0.3 is 26.2 Å². The van der Waals surface area contributed by atoms with Crippen molar-refractivity contribution in [2.45, 2.75) is 38.8 Å². The molecule has 5 nitrogen and oxygen atoms in total. The highest BCUT2D eigenvalue weighted by Gasteiger charge is 2.23. The molecule has 6 N–H and O–H groups in total. The van der Waals surface area contributed by atoms with E-state index < -0.39 is 12.1 Å². The van der Waals surface area contributed by atoms with Crippen LogP contribution in [0, 0.1) is 5.92 Å². The van der Waals surface area contributed by atoms with Crippen LogP contribution < -0.4 is 5.73 Å². The third-order valence-electron chi connectivity index (χ3n) is 2.91. The van der Waals surface area contributed by atoms with Gasteiger partial charge in [0, 0.05) is 12.1 Å². The standard InChI is InChI=1S/C13H21NO4.ClH/c1-7(2)3-4-9(16)13(14)12-10(17)5-8(15)6-11(12)18;/h5-7,9,13,15-18H,3-4,14H2,1-2H3;1H/t9-,13-;/m1./s1. The summed E-state index contributed by atoms with van der Waals surface area (Å²) in [4.78, 5) is 0. The van der Waals surface area contributed by atoms with Gasteiger partial charge in [0.15, 0.2) is 0 Å². The smallest absolute Gasteiger partial charge is 0.127 e. The Morgan fingerprint density at radius 2 is 1.53 bits per heavy atom. The van der Waals surface area contributed by atoms with Gasteiger partial charge in [-0.1, -0.05) is 13.8 Å². The molecule has 1 aromatic rings. The summed E-state index contributed by atoms with van der Waals surface area (Å²) < 4.78 is 0. The number of phenols is 3. The molecule has 0 heterocycles. The molecule has 19 heavy (non-hydrogen) atoms. The monoisotopic (exact) mass is 291 g/mol. The molecular weight excluding hydrogens is 270 g/mol. The molecular formula is C13H22ClNO4. The van der Waals surface area contributed by atoms with Gasteiger partial charge in [-0.05, 0) is 18.8 Å². The second kappa shape index (κ2) is 7.43. The minimum atomic E-state index is -0.885. The van der Waals surface area contributed by atoms with Crippen LogP contribution in [-0.2, 0) is 0 Å². The first-order valence-electron chi connectivity index (χ1n) is 6.01. The number of hydrogen-bond donors (Lipinski definition) is 5. The molecule has 6 heteroatoms. The largest absolute Gasteiger partial charge is 0.508 e. The van der Waals surface area contributed by atoms with Crippen LogP contribution in [-0.4, -0.2) is 26.5 Å². The number of hydrogen-bond acceptors (Lipinski definition) is 5. The van der Waals surface area contributed by atoms with Crippen molar-refractivity contribution in [3.63, 3.8) is 0 Å². The Morgan fingerprint density at radius 3 is 1.95 bits per heavy atom. The van der Waals surface area contributed by atoms with Crippen molar-refractivity contribution < 1.29 is 20.4 Å². The fourth-order valence-corrected chi connectivity index (χ4v) is 1.83. The predicted octanol–water partition coefficient (Wildman–Crippen LogP) is 2.02. The van der Waals surface area contributed by atoms with Crippen molar-refractivity contribution in [2.75, 3.05) is 0 Å². The summed E-state index contributed by atoms with van der Waals surface area (Å²) >= 11 is 0. The second-order valence-corrected chi connectivity index (χ2v) is 4.96. The number of aromatic hydroxyl groups is 3. The van der Waals surface area contributed by atoms with E-state index in [9.17, 15) is 20.4 Å². The van der Waals surface area contributed by atoms with Crippen LogP contribution in [0.25, 0.3) is 0 Å². The Labute approximate surface area is 119 Å². The quantitative estimate of drug-likeness (QED) is 0.570. The maximum absolute atomic E-state index is 9.93. The van der Waals surface area contributed by atoms with Gasteiger partial charge in [0.1, 0.15) is 17.2 Å². The summed E-state index contributed by atoms with van der Waals surface area (Å²) in [6.45, 7) is 4.07. The summed E-state index contributed by atoms with van der Waals surface area (Å²) in [5, 5.41) is 38.4. The lowest BCUT2D eigenvalue weighted by molar-refractivity contribution is 0.126. The molecule has 1 aromatic carbocycles. The Hall–Kier alpha value is -1.17. The lowest BCUT2D eigenvalue weighted by atomic mass is 9.94. The summed E-state index contributed by atoms with van der Waals surface area (Å²) in [6, 6.07) is 1.29. The molecule has 110 valence electrons. The molecule has 0 fully saturated rings. The first kappa shape index (κ1) is 17.8. The molecule has 0 aliphatic carbocycles. The Kier molecular flexibility index (Phi) is 6.97. The molecule has 0 saturated heterocycles. The van der Waals surface area contributed by atoms with E-state index in [-0.39, 0.29) is 35.2 Å². The zero-order valence-corrected chi connectivity index (χ0v) is 11.9. The predicted molar refractivity (Wildman–Crippen MR) is 75.7 cm³/mol. The van der Waals surface area contributed by atoms with Crippen LogP contribution in [0.5, 0.6) is 17.2 Å². The van der Waals surface area contributed by atoms with Crippen LogP contribution in [0.4, 0.5) is 0 Å². The molecule has 0 bridgehead atoms. The molecule has 0 radical (unpaired) electrons. The van der Waals surface area contributed by atoms with Gasteiger partial charge in [0.25, 0.3) is 0 Å². The van der Waals surface area contributed by atoms with Crippen molar-refractivity contribution in [3.8, 4) is 17.2 Å². The molecule has 0 unspecified atom stereocenters. The molecule has 2 atom stereocenters. The van der Waals surface area contributed by atoms with Crippen LogP contribution in [0.15, 0.2) is 12.1 Å². The molecule has 1 rings (SSSR count). The van der Waals surface area contributed by atoms with Crippen molar-refractivity contribution >= 4 is 12.4 Å². The third-order valence-corrected chi connectivity index (χ3v) is 2.91. The van der Waals surface area contributed by atoms with E-state index in [1.54, 1.807) is 0 Å². The fraction of sp³-hybridized carbons (Fsp3) is 0.538. The van der Waals surface area contributed by atoms with E-state index in [0.29, 0.717) is 12.3 Å². The van der Waals surface area contributed by atoms with Gasteiger partial charge in [0.05, 0.1) is 17.7 Å². The topological polar surface area (TPSA) is 107 Å². The third kappa shape index (κ3) is 4.78. The lowest BCUT2D eigenvalue weighted by Crippen LogP contribution is -2.26. The first-order valence-corrected chi connectivity index (χ1v) is 6.01. The van der Waals surface area contributed by atoms with Crippen molar-refractivity contribution in [1.82, 2.24) is 0 Å². The van der Waals surface area contributed by atoms with Gasteiger partial charge >= 0.3 is 0 Å². The normalized spacial score (nSPS) is 13.9. The average Bonchev–Trinajstić information content (AvgIpc) is 2.24. The SMILES string of the molecule is CC(C)CC[C@@H](O)[C@@H](N)c1c(O)cc(O)cc1O.Cl. The van der Waals surface area contributed by atoms with Crippen molar-refractivity contribution in [2.24, 2.45) is 11.7 Å². The summed E-state index contributed by atoms with van der Waals surface area (Å²) in [6.07, 6.45) is 0.432. The number of aliphatic hydroxyl groups is 1. The van der Waals surface area contributed by atoms with E-state index in [1.807, 2.05) is 13.8 Å². The van der Waals surface area contributed by atoms with Crippen LogP contribution in [0.2, 0.25) is 0 Å². The Bertz CT molecular complexity index is 389. The van der Waals surface area contributed by atoms with Crippen LogP contribution in [0.1, 0.15) is 38.3 Å². The zero-order chi connectivity index (χ0) is 13.9. The summed E-state index contributed by atoms with van der Waals surface area (Å²) in [5.74, 6) is -0.446. The zero-order valence-electron chi connectivity index (χ0n) is 11.1. The molecule has 0 aliphatic heterocycles. The maximum Gasteiger partial charge on any atom is 0.127 e. The van der Waals surface area contributed by atoms with E-state index in [2.05, 4.69) is 0 Å². The number of phenolic OH excluding ortho intramolecular Hbond substituents is 3. The fourth-order valence-electron chi connectivity index (χ4n) is 1.83. The van der Waals surface area contributed by atoms with Crippen LogP contribution in [0.3, 0.4) is 0 Å². The molecule has 0 amide bonds. The first-order chi connectivity index (χ1) is 8.32. The summed E-state index contributed by atoms with van der Waals surface area (Å²) in [5.41, 5.74) is 5.88. The maximum atomic E-state index is 9.93. The van der Waals surface area contributed by atoms with Gasteiger partial charge in [-0.3, -0.25) is 0 Å². The average molecular weight is 292 g/mol. The van der Waals surface area contributed by atoms with Crippen molar-refractivity contribution in [3.05, 3.63) is 17.7 Å². The molecule has 0 aromatic heterocycles. The van der Waals surface area contributed by atoms with E-state index in [4.69, 9.17) is 5.73 Å².